The van der Waals surface area contributed by atoms with Crippen molar-refractivity contribution in [2.75, 3.05) is 0 Å². The average Bonchev–Trinajstić information content (AvgIpc) is 2.70. The summed E-state index contributed by atoms with van der Waals surface area (Å²) < 4.78 is 22.0. The zero-order chi connectivity index (χ0) is 23.1. The fourth-order valence-electron chi connectivity index (χ4n) is 3.05. The van der Waals surface area contributed by atoms with Gasteiger partial charge in [-0.15, -0.1) is 12.1 Å². The Balaban J connectivity index is 0.00000166. The zero-order valence-electron chi connectivity index (χ0n) is 17.2. The van der Waals surface area contributed by atoms with Crippen LogP contribution in [0.2, 0.25) is 0 Å². The first-order chi connectivity index (χ1) is 14.7. The number of aliphatic hydroxyl groups is 1. The second kappa shape index (κ2) is 12.8. The van der Waals surface area contributed by atoms with E-state index in [0.717, 1.165) is 0 Å². The van der Waals surface area contributed by atoms with E-state index in [1.165, 1.54) is 0 Å². The molecule has 0 unspecified atom stereocenters. The second-order valence-electron chi connectivity index (χ2n) is 6.43. The van der Waals surface area contributed by atoms with Gasteiger partial charge in [-0.2, -0.15) is 6.07 Å². The summed E-state index contributed by atoms with van der Waals surface area (Å²) in [5.74, 6) is -1.84. The molecule has 0 saturated heterocycles. The maximum atomic E-state index is 10.7. The normalized spacial score (nSPS) is 16.8. The minimum Gasteiger partial charge on any atom is -0.567 e. The van der Waals surface area contributed by atoms with Crippen LogP contribution in [0.4, 0.5) is 0 Å². The summed E-state index contributed by atoms with van der Waals surface area (Å²) in [6, 6.07) is 11.0. The van der Waals surface area contributed by atoms with Crippen LogP contribution in [-0.2, 0) is 11.2 Å². The van der Waals surface area contributed by atoms with Crippen molar-refractivity contribution in [3.05, 3.63) is 47.5 Å². The topological polar surface area (TPSA) is 74.2 Å². The third kappa shape index (κ3) is 7.18. The number of benzene rings is 2. The fraction of sp³-hybridized carbons (Fsp3) is 0.316. The van der Waals surface area contributed by atoms with Crippen molar-refractivity contribution >= 4 is 64.0 Å². The molecule has 0 bridgehead atoms. The van der Waals surface area contributed by atoms with Gasteiger partial charge < -0.3 is 28.8 Å². The molecule has 0 aromatic heterocycles. The molecule has 2 aromatic rings. The van der Waals surface area contributed by atoms with E-state index >= 15 is 0 Å². The van der Waals surface area contributed by atoms with E-state index in [-0.39, 0.29) is 28.0 Å². The summed E-state index contributed by atoms with van der Waals surface area (Å²) in [6.07, 6.45) is -1.37. The summed E-state index contributed by atoms with van der Waals surface area (Å²) in [7, 11) is 33.0. The van der Waals surface area contributed by atoms with Crippen LogP contribution in [0.1, 0.15) is 17.2 Å². The SMILES string of the molecule is [B]C([B])Oc1ccc([C@@H]2Oc3c[c-]cc(OC([B])[B])c3C[C@@H]2O)cc1OC([B])[B].[Be+2].[CH-]=O. The van der Waals surface area contributed by atoms with Crippen LogP contribution in [0, 0.1) is 6.07 Å². The van der Waals surface area contributed by atoms with Gasteiger partial charge in [0.2, 0.25) is 0 Å². The van der Waals surface area contributed by atoms with Crippen LogP contribution in [-0.4, -0.2) is 92.9 Å². The first-order valence-electron chi connectivity index (χ1n) is 9.03. The Hall–Kier alpha value is -2.17. The number of fused-ring (bicyclic) bond motifs is 1. The summed E-state index contributed by atoms with van der Waals surface area (Å²) >= 11 is 0. The van der Waals surface area contributed by atoms with E-state index in [1.807, 2.05) is 0 Å². The van der Waals surface area contributed by atoms with Gasteiger partial charge in [-0.05, 0) is 24.1 Å². The van der Waals surface area contributed by atoms with E-state index in [4.69, 9.17) is 70.8 Å². The van der Waals surface area contributed by atoms with Gasteiger partial charge in [0.1, 0.15) is 53.2 Å². The third-order valence-electron chi connectivity index (χ3n) is 4.13. The van der Waals surface area contributed by atoms with Crippen LogP contribution >= 0.6 is 0 Å². The molecule has 146 valence electrons. The van der Waals surface area contributed by atoms with E-state index in [9.17, 15) is 5.11 Å². The third-order valence-corrected chi connectivity index (χ3v) is 4.13. The molecule has 6 nitrogen and oxygen atoms in total. The molecule has 0 aliphatic carbocycles. The maximum absolute atomic E-state index is 10.7. The van der Waals surface area contributed by atoms with Crippen LogP contribution in [0.15, 0.2) is 30.3 Å². The van der Waals surface area contributed by atoms with Crippen LogP contribution in [0.3, 0.4) is 0 Å². The zero-order valence-corrected chi connectivity index (χ0v) is 17.2. The molecule has 1 aliphatic rings. The second-order valence-corrected chi connectivity index (χ2v) is 6.43. The number of aliphatic hydroxyl groups excluding tert-OH is 1. The molecule has 1 N–H and O–H groups in total. The Morgan fingerprint density at radius 2 is 1.50 bits per heavy atom. The summed E-state index contributed by atoms with van der Waals surface area (Å²) in [5, 5.41) is 10.7. The Morgan fingerprint density at radius 3 is 2.09 bits per heavy atom. The van der Waals surface area contributed by atoms with Gasteiger partial charge in [0.25, 0.3) is 0 Å². The van der Waals surface area contributed by atoms with E-state index in [1.54, 1.807) is 30.3 Å². The van der Waals surface area contributed by atoms with Gasteiger partial charge in [0.15, 0.2) is 11.5 Å². The fourth-order valence-corrected chi connectivity index (χ4v) is 3.05. The van der Waals surface area contributed by atoms with Crippen molar-refractivity contribution < 1.29 is 28.8 Å². The molecule has 3 rings (SSSR count). The van der Waals surface area contributed by atoms with Gasteiger partial charge in [-0.25, -0.2) is 0 Å². The first-order valence-corrected chi connectivity index (χ1v) is 9.03. The van der Waals surface area contributed by atoms with Crippen molar-refractivity contribution in [2.24, 2.45) is 0 Å². The minimum absolute atomic E-state index is 0. The molecule has 1 heterocycles. The molecule has 1 aliphatic heterocycles. The Morgan fingerprint density at radius 1 is 0.938 bits per heavy atom. The molecule has 32 heavy (non-hydrogen) atoms. The largest absolute Gasteiger partial charge is 2.00 e. The number of carbonyl (C=O) groups excluding carboxylic acids is 1. The van der Waals surface area contributed by atoms with Crippen LogP contribution < -0.4 is 18.9 Å². The van der Waals surface area contributed by atoms with Gasteiger partial charge in [-0.1, -0.05) is 11.6 Å². The predicted molar refractivity (Wildman–Crippen MR) is 125 cm³/mol. The van der Waals surface area contributed by atoms with E-state index in [0.29, 0.717) is 22.6 Å². The number of hydrogen-bond acceptors (Lipinski definition) is 6. The summed E-state index contributed by atoms with van der Waals surface area (Å²) in [4.78, 5) is 7.75. The smallest absolute Gasteiger partial charge is 0.567 e. The van der Waals surface area contributed by atoms with Crippen LogP contribution in [0.25, 0.3) is 0 Å². The van der Waals surface area contributed by atoms with Gasteiger partial charge in [-0.3, -0.25) is 6.79 Å². The van der Waals surface area contributed by atoms with Crippen molar-refractivity contribution in [3.63, 3.8) is 0 Å². The summed E-state index contributed by atoms with van der Waals surface area (Å²) in [5.41, 5.74) is 1.24. The average molecular weight is 412 g/mol. The Labute approximate surface area is 199 Å². The van der Waals surface area contributed by atoms with Crippen molar-refractivity contribution in [3.8, 4) is 23.0 Å². The van der Waals surface area contributed by atoms with Gasteiger partial charge >= 0.3 is 10.1 Å². The predicted octanol–water partition coefficient (Wildman–Crippen LogP) is -1.13. The first kappa shape index (κ1) is 27.9. The molecule has 0 fully saturated rings. The standard InChI is InChI=1S/C18H13B6O5.CHO.Be/c19-16(20)27-12-3-1-2-11-9(12)7-10(25)15(26-11)8-4-5-13(28-17(21)22)14(6-8)29-18(23)24;1-2;/h2-6,10,15-18,25H,7H2;1H;/q2*-1;+2/t10-,15-;;/m0../s1. The van der Waals surface area contributed by atoms with E-state index in [2.05, 4.69) is 12.9 Å². The quantitative estimate of drug-likeness (QED) is 0.353. The number of ether oxygens (including phenoxy) is 4. The molecule has 2 aromatic carbocycles. The number of rotatable bonds is 7. The molecule has 13 heteroatoms. The monoisotopic (exact) mass is 413 g/mol. The molecular weight excluding hydrogens is 398 g/mol. The van der Waals surface area contributed by atoms with Crippen molar-refractivity contribution in [1.29, 1.82) is 0 Å². The molecular formula is C19H14B6BeO6. The summed E-state index contributed by atoms with van der Waals surface area (Å²) in [6.45, 7) is 3.25. The maximum Gasteiger partial charge on any atom is 2.00 e. The van der Waals surface area contributed by atoms with Crippen LogP contribution in [0.5, 0.6) is 23.0 Å². The Kier molecular flexibility index (Phi) is 11.1. The molecule has 12 radical (unpaired) electrons. The molecule has 0 spiro atoms. The van der Waals surface area contributed by atoms with E-state index < -0.39 is 29.9 Å². The molecule has 0 saturated carbocycles. The van der Waals surface area contributed by atoms with Crippen molar-refractivity contribution in [2.45, 2.75) is 36.3 Å². The number of hydrogen-bond donors (Lipinski definition) is 1. The Bertz CT molecular complexity index is 872. The van der Waals surface area contributed by atoms with Gasteiger partial charge in [0.05, 0.1) is 6.10 Å². The van der Waals surface area contributed by atoms with Gasteiger partial charge in [0, 0.05) is 29.2 Å². The van der Waals surface area contributed by atoms with Crippen molar-refractivity contribution in [1.82, 2.24) is 0 Å². The molecule has 2 atom stereocenters. The molecule has 0 amide bonds. The minimum atomic E-state index is -1.10.